The molecule has 0 atom stereocenters. The largest absolute Gasteiger partial charge is 0.456 e. The lowest BCUT2D eigenvalue weighted by molar-refractivity contribution is 0.486. The van der Waals surface area contributed by atoms with E-state index in [4.69, 9.17) is 4.74 Å². The van der Waals surface area contributed by atoms with Crippen LogP contribution < -0.4 is 30.9 Å². The Balaban J connectivity index is 1.05. The normalized spacial score (nSPS) is 13.1. The van der Waals surface area contributed by atoms with E-state index in [-0.39, 0.29) is 12.1 Å². The van der Waals surface area contributed by atoms with Crippen molar-refractivity contribution in [3.05, 3.63) is 272 Å². The minimum atomic E-state index is -0.208. The maximum absolute atomic E-state index is 7.22. The Morgan fingerprint density at radius 2 is 0.793 bits per heavy atom. The second-order valence-corrected chi connectivity index (χ2v) is 23.2. The van der Waals surface area contributed by atoms with Gasteiger partial charge in [0.2, 0.25) is 0 Å². The molecule has 6 heteroatoms. The van der Waals surface area contributed by atoms with Crippen LogP contribution in [-0.4, -0.2) is 15.8 Å². The van der Waals surface area contributed by atoms with E-state index >= 15 is 0 Å². The number of para-hydroxylation sites is 7. The number of anilines is 6. The molecule has 0 saturated carbocycles. The van der Waals surface area contributed by atoms with Gasteiger partial charge in [-0.25, -0.2) is 0 Å². The van der Waals surface area contributed by atoms with E-state index < -0.39 is 0 Å². The summed E-state index contributed by atoms with van der Waals surface area (Å²) in [6.45, 7) is 6.85. The van der Waals surface area contributed by atoms with Gasteiger partial charge in [-0.15, -0.1) is 0 Å². The van der Waals surface area contributed by atoms with Gasteiger partial charge in [-0.1, -0.05) is 203 Å². The molecule has 3 aliphatic rings. The summed E-state index contributed by atoms with van der Waals surface area (Å²) < 4.78 is 12.2. The first-order valence-corrected chi connectivity index (χ1v) is 28.5. The molecule has 386 valence electrons. The summed E-state index contributed by atoms with van der Waals surface area (Å²) in [7, 11) is 0. The molecular weight excluding hydrogens is 996 g/mol. The average Bonchev–Trinajstić information content (AvgIpc) is 1.94. The van der Waals surface area contributed by atoms with Crippen LogP contribution in [0.2, 0.25) is 0 Å². The number of nitrogens with zero attached hydrogens (tertiary/aromatic N) is 4. The lowest BCUT2D eigenvalue weighted by Crippen LogP contribution is -2.61. The Morgan fingerprint density at radius 3 is 1.39 bits per heavy atom. The molecule has 2 aromatic heterocycles. The van der Waals surface area contributed by atoms with Gasteiger partial charge in [0, 0.05) is 77.9 Å². The first-order chi connectivity index (χ1) is 40.3. The number of benzene rings is 12. The summed E-state index contributed by atoms with van der Waals surface area (Å²) in [6, 6.07) is 99.0. The van der Waals surface area contributed by atoms with Gasteiger partial charge in [0.15, 0.2) is 0 Å². The molecule has 0 saturated heterocycles. The van der Waals surface area contributed by atoms with Gasteiger partial charge in [0.25, 0.3) is 6.71 Å². The van der Waals surface area contributed by atoms with Crippen LogP contribution in [0.1, 0.15) is 26.3 Å². The molecule has 0 amide bonds. The molecule has 3 aliphatic heterocycles. The third-order valence-corrected chi connectivity index (χ3v) is 17.6. The summed E-state index contributed by atoms with van der Waals surface area (Å²) >= 11 is 0. The molecule has 17 rings (SSSR count). The number of aromatic nitrogens is 2. The van der Waals surface area contributed by atoms with Crippen molar-refractivity contribution in [2.24, 2.45) is 0 Å². The first kappa shape index (κ1) is 46.6. The lowest BCUT2D eigenvalue weighted by Gasteiger charge is -2.46. The smallest absolute Gasteiger partial charge is 0.252 e. The highest BCUT2D eigenvalue weighted by Crippen LogP contribution is 2.54. The van der Waals surface area contributed by atoms with E-state index in [1.54, 1.807) is 0 Å². The highest BCUT2D eigenvalue weighted by molar-refractivity contribution is 7.00. The van der Waals surface area contributed by atoms with E-state index in [0.29, 0.717) is 0 Å². The summed E-state index contributed by atoms with van der Waals surface area (Å²) in [5.41, 5.74) is 25.0. The van der Waals surface area contributed by atoms with Gasteiger partial charge in [0.05, 0.1) is 33.4 Å². The van der Waals surface area contributed by atoms with Crippen LogP contribution in [0.15, 0.2) is 267 Å². The molecule has 12 aromatic carbocycles. The zero-order chi connectivity index (χ0) is 54.4. The molecule has 0 radical (unpaired) electrons. The highest BCUT2D eigenvalue weighted by Gasteiger charge is 2.46. The molecular formula is C76H53BN4O. The SMILES string of the molecule is CC(C)(C)c1cc2c3c(c1)-c1ccccc1Oc1ccccc1-c1ccccc1N3c1cc(-n3c4ccccc4c4ccccc43)cc3c1B2c1ccc(-n2c4ccccc4c4ccccc42)cc1N3c1ccc(-c2ccccc2)cc1. The molecule has 0 bridgehead atoms. The van der Waals surface area contributed by atoms with Gasteiger partial charge in [-0.3, -0.25) is 0 Å². The first-order valence-electron chi connectivity index (χ1n) is 28.5. The Kier molecular flexibility index (Phi) is 10.0. The fourth-order valence-corrected chi connectivity index (χ4v) is 13.9. The summed E-state index contributed by atoms with van der Waals surface area (Å²) in [5.74, 6) is 1.63. The number of fused-ring (bicyclic) bond motifs is 16. The van der Waals surface area contributed by atoms with Gasteiger partial charge >= 0.3 is 0 Å². The Bertz CT molecular complexity index is 4860. The third kappa shape index (κ3) is 6.82. The molecule has 82 heavy (non-hydrogen) atoms. The van der Waals surface area contributed by atoms with Crippen molar-refractivity contribution >= 4 is 101 Å². The van der Waals surface area contributed by atoms with Crippen molar-refractivity contribution < 1.29 is 4.74 Å². The second kappa shape index (κ2) is 17.6. The fourth-order valence-electron chi connectivity index (χ4n) is 13.9. The molecule has 5 heterocycles. The van der Waals surface area contributed by atoms with Crippen LogP contribution >= 0.6 is 0 Å². The van der Waals surface area contributed by atoms with Crippen LogP contribution in [-0.2, 0) is 5.41 Å². The summed E-state index contributed by atoms with van der Waals surface area (Å²) in [6.07, 6.45) is 0. The lowest BCUT2D eigenvalue weighted by atomic mass is 9.33. The molecule has 0 fully saturated rings. The summed E-state index contributed by atoms with van der Waals surface area (Å²) in [4.78, 5) is 5.21. The maximum Gasteiger partial charge on any atom is 0.252 e. The van der Waals surface area contributed by atoms with E-state index in [1.165, 1.54) is 65.7 Å². The van der Waals surface area contributed by atoms with Gasteiger partial charge in [-0.05, 0) is 123 Å². The van der Waals surface area contributed by atoms with Crippen LogP contribution in [0.25, 0.3) is 88.4 Å². The molecule has 0 spiro atoms. The predicted octanol–water partition coefficient (Wildman–Crippen LogP) is 18.4. The molecule has 5 nitrogen and oxygen atoms in total. The van der Waals surface area contributed by atoms with Crippen molar-refractivity contribution in [3.63, 3.8) is 0 Å². The van der Waals surface area contributed by atoms with E-state index in [9.17, 15) is 0 Å². The highest BCUT2D eigenvalue weighted by atomic mass is 16.5. The van der Waals surface area contributed by atoms with Crippen molar-refractivity contribution in [2.75, 3.05) is 9.80 Å². The minimum absolute atomic E-state index is 0.193. The zero-order valence-corrected chi connectivity index (χ0v) is 45.7. The number of hydrogen-bond donors (Lipinski definition) is 0. The number of hydrogen-bond acceptors (Lipinski definition) is 3. The van der Waals surface area contributed by atoms with E-state index in [2.05, 4.69) is 307 Å². The van der Waals surface area contributed by atoms with Crippen LogP contribution in [0.3, 0.4) is 0 Å². The monoisotopic (exact) mass is 1050 g/mol. The van der Waals surface area contributed by atoms with Crippen LogP contribution in [0.5, 0.6) is 11.5 Å². The molecule has 0 unspecified atom stereocenters. The van der Waals surface area contributed by atoms with E-state index in [1.807, 2.05) is 0 Å². The van der Waals surface area contributed by atoms with E-state index in [0.717, 1.165) is 90.3 Å². The summed E-state index contributed by atoms with van der Waals surface area (Å²) in [5, 5.41) is 4.91. The minimum Gasteiger partial charge on any atom is -0.456 e. The van der Waals surface area contributed by atoms with Crippen LogP contribution in [0, 0.1) is 0 Å². The number of rotatable bonds is 4. The standard InChI is InChI=1S/C76H53BN4O/c1-76(2,3)50-43-61-60-29-13-20-36-73(60)82-72-35-19-12-28-59(72)58-27-11-18-34-68(58)81-71-47-53(80-66-32-16-9-25-56(66)57-26-10-17-33-67(57)80)46-70-74(71)77(63(44-50)75(61)81)62-42-41-52(79-64-30-14-7-23-54(64)55-24-8-15-31-65(55)79)45-69(62)78(70)51-39-37-49(38-40-51)48-21-5-4-6-22-48/h4-47H,1-3H3. The topological polar surface area (TPSA) is 25.6 Å². The molecule has 0 aliphatic carbocycles. The third-order valence-electron chi connectivity index (χ3n) is 17.6. The van der Waals surface area contributed by atoms with Gasteiger partial charge < -0.3 is 23.7 Å². The van der Waals surface area contributed by atoms with Crippen molar-refractivity contribution in [1.29, 1.82) is 0 Å². The second-order valence-electron chi connectivity index (χ2n) is 23.2. The van der Waals surface area contributed by atoms with Gasteiger partial charge in [-0.2, -0.15) is 0 Å². The van der Waals surface area contributed by atoms with Crippen molar-refractivity contribution in [3.8, 4) is 56.3 Å². The zero-order valence-electron chi connectivity index (χ0n) is 45.7. The average molecular weight is 1050 g/mol. The Hall–Kier alpha value is -10.3. The number of ether oxygens (including phenoxy) is 1. The fraction of sp³-hybridized carbons (Fsp3) is 0.0526. The quantitative estimate of drug-likeness (QED) is 0.164. The van der Waals surface area contributed by atoms with Crippen molar-refractivity contribution in [1.82, 2.24) is 9.13 Å². The molecule has 14 aromatic rings. The Morgan fingerprint density at radius 1 is 0.329 bits per heavy atom. The van der Waals surface area contributed by atoms with Crippen LogP contribution in [0.4, 0.5) is 34.1 Å². The maximum atomic E-state index is 7.22. The van der Waals surface area contributed by atoms with Crippen molar-refractivity contribution in [2.45, 2.75) is 26.2 Å². The predicted molar refractivity (Wildman–Crippen MR) is 344 cm³/mol. The Labute approximate surface area is 476 Å². The van der Waals surface area contributed by atoms with Gasteiger partial charge in [0.1, 0.15) is 11.5 Å². The molecule has 0 N–H and O–H groups in total.